The first-order valence-electron chi connectivity index (χ1n) is 6.00. The molecule has 1 saturated heterocycles. The van der Waals surface area contributed by atoms with Crippen molar-refractivity contribution in [1.29, 1.82) is 0 Å². The number of likely N-dealkylation sites (tertiary alicyclic amines) is 1. The molecule has 4 heteroatoms. The molecule has 4 nitrogen and oxygen atoms in total. The maximum absolute atomic E-state index is 11.3. The summed E-state index contributed by atoms with van der Waals surface area (Å²) in [5, 5.41) is 0. The number of hydrogen-bond donors (Lipinski definition) is 0. The van der Waals surface area contributed by atoms with Crippen LogP contribution in [-0.4, -0.2) is 54.2 Å². The van der Waals surface area contributed by atoms with Crippen LogP contribution in [0.2, 0.25) is 0 Å². The molecule has 0 spiro atoms. The van der Waals surface area contributed by atoms with Crippen molar-refractivity contribution in [1.82, 2.24) is 9.80 Å². The van der Waals surface area contributed by atoms with Crippen molar-refractivity contribution >= 4 is 11.7 Å². The largest absolute Gasteiger partial charge is 0.335 e. The van der Waals surface area contributed by atoms with Crippen molar-refractivity contribution in [2.45, 2.75) is 39.2 Å². The second-order valence-electron chi connectivity index (χ2n) is 4.81. The third kappa shape index (κ3) is 3.93. The quantitative estimate of drug-likeness (QED) is 0.499. The van der Waals surface area contributed by atoms with E-state index >= 15 is 0 Å². The van der Waals surface area contributed by atoms with Gasteiger partial charge in [0.1, 0.15) is 0 Å². The number of unbranched alkanes of at least 4 members (excludes halogenated alkanes) is 1. The Morgan fingerprint density at radius 2 is 2.00 bits per heavy atom. The molecule has 1 rings (SSSR count). The Hall–Kier alpha value is -0.900. The normalized spacial score (nSPS) is 16.9. The summed E-state index contributed by atoms with van der Waals surface area (Å²) >= 11 is 0. The molecule has 1 fully saturated rings. The summed E-state index contributed by atoms with van der Waals surface area (Å²) in [6.07, 6.45) is 2.18. The fourth-order valence-electron chi connectivity index (χ4n) is 1.76. The Balaban J connectivity index is 2.12. The van der Waals surface area contributed by atoms with Crippen LogP contribution in [0.1, 0.15) is 33.1 Å². The summed E-state index contributed by atoms with van der Waals surface area (Å²) in [6.45, 7) is 6.45. The van der Waals surface area contributed by atoms with Gasteiger partial charge in [0, 0.05) is 12.6 Å². The van der Waals surface area contributed by atoms with Crippen LogP contribution in [0.4, 0.5) is 0 Å². The molecule has 0 aromatic heterocycles. The minimum Gasteiger partial charge on any atom is -0.335 e. The molecule has 1 heterocycles. The SMILES string of the molecule is CC(C)N(C)CCCCN1CC(=O)CC1=O. The fourth-order valence-corrected chi connectivity index (χ4v) is 1.76. The van der Waals surface area contributed by atoms with Crippen LogP contribution >= 0.6 is 0 Å². The maximum atomic E-state index is 11.3. The Morgan fingerprint density at radius 1 is 1.31 bits per heavy atom. The summed E-state index contributed by atoms with van der Waals surface area (Å²) in [5.74, 6) is 0.0616. The van der Waals surface area contributed by atoms with E-state index in [2.05, 4.69) is 25.8 Å². The van der Waals surface area contributed by atoms with E-state index in [4.69, 9.17) is 0 Å². The average molecular weight is 226 g/mol. The van der Waals surface area contributed by atoms with E-state index < -0.39 is 0 Å². The molecule has 0 aromatic rings. The highest BCUT2D eigenvalue weighted by atomic mass is 16.2. The second kappa shape index (κ2) is 5.99. The van der Waals surface area contributed by atoms with Gasteiger partial charge >= 0.3 is 0 Å². The van der Waals surface area contributed by atoms with Crippen LogP contribution in [0, 0.1) is 0 Å². The van der Waals surface area contributed by atoms with Gasteiger partial charge in [-0.1, -0.05) is 0 Å². The molecule has 16 heavy (non-hydrogen) atoms. The Kier molecular flexibility index (Phi) is 4.93. The molecule has 0 atom stereocenters. The molecular formula is C12H22N2O2. The van der Waals surface area contributed by atoms with Crippen LogP contribution in [0.3, 0.4) is 0 Å². The summed E-state index contributed by atoms with van der Waals surface area (Å²) < 4.78 is 0. The molecule has 0 unspecified atom stereocenters. The Morgan fingerprint density at radius 3 is 2.50 bits per heavy atom. The van der Waals surface area contributed by atoms with Crippen LogP contribution in [0.15, 0.2) is 0 Å². The molecule has 0 radical (unpaired) electrons. The first-order valence-corrected chi connectivity index (χ1v) is 6.00. The zero-order chi connectivity index (χ0) is 12.1. The third-order valence-corrected chi connectivity index (χ3v) is 3.14. The zero-order valence-corrected chi connectivity index (χ0v) is 10.5. The topological polar surface area (TPSA) is 40.6 Å². The summed E-state index contributed by atoms with van der Waals surface area (Å²) in [4.78, 5) is 26.3. The van der Waals surface area contributed by atoms with Crippen molar-refractivity contribution in [2.75, 3.05) is 26.7 Å². The highest BCUT2D eigenvalue weighted by Gasteiger charge is 2.26. The van der Waals surface area contributed by atoms with Gasteiger partial charge in [-0.3, -0.25) is 9.59 Å². The highest BCUT2D eigenvalue weighted by molar-refractivity contribution is 6.05. The fraction of sp³-hybridized carbons (Fsp3) is 0.833. The lowest BCUT2D eigenvalue weighted by Crippen LogP contribution is -2.29. The van der Waals surface area contributed by atoms with E-state index in [0.29, 0.717) is 12.6 Å². The number of hydrogen-bond acceptors (Lipinski definition) is 3. The monoisotopic (exact) mass is 226 g/mol. The lowest BCUT2D eigenvalue weighted by molar-refractivity contribution is -0.127. The molecule has 1 amide bonds. The minimum absolute atomic E-state index is 0.00205. The van der Waals surface area contributed by atoms with Crippen LogP contribution in [0.5, 0.6) is 0 Å². The van der Waals surface area contributed by atoms with Crippen LogP contribution in [-0.2, 0) is 9.59 Å². The molecular weight excluding hydrogens is 204 g/mol. The lowest BCUT2D eigenvalue weighted by Gasteiger charge is -2.21. The number of amides is 1. The van der Waals surface area contributed by atoms with Crippen molar-refractivity contribution in [3.05, 3.63) is 0 Å². The maximum Gasteiger partial charge on any atom is 0.230 e. The van der Waals surface area contributed by atoms with Gasteiger partial charge in [-0.15, -0.1) is 0 Å². The Bertz CT molecular complexity index is 264. The molecule has 0 aromatic carbocycles. The molecule has 0 N–H and O–H groups in total. The van der Waals surface area contributed by atoms with Gasteiger partial charge in [0.25, 0.3) is 0 Å². The average Bonchev–Trinajstić information content (AvgIpc) is 2.51. The first kappa shape index (κ1) is 13.2. The molecule has 0 saturated carbocycles. The number of Topliss-reactive ketones (excluding diaryl/α,β-unsaturated/α-hetero) is 1. The van der Waals surface area contributed by atoms with Crippen molar-refractivity contribution in [3.8, 4) is 0 Å². The number of carbonyl (C=O) groups is 2. The smallest absolute Gasteiger partial charge is 0.230 e. The standard InChI is InChI=1S/C12H22N2O2/c1-10(2)13(3)6-4-5-7-14-9-11(15)8-12(14)16/h10H,4-9H2,1-3H3. The van der Waals surface area contributed by atoms with E-state index in [0.717, 1.165) is 25.9 Å². The van der Waals surface area contributed by atoms with Crippen LogP contribution in [0.25, 0.3) is 0 Å². The van der Waals surface area contributed by atoms with Crippen molar-refractivity contribution < 1.29 is 9.59 Å². The van der Waals surface area contributed by atoms with E-state index in [1.807, 2.05) is 0 Å². The zero-order valence-electron chi connectivity index (χ0n) is 10.5. The van der Waals surface area contributed by atoms with Crippen LogP contribution < -0.4 is 0 Å². The molecule has 92 valence electrons. The van der Waals surface area contributed by atoms with Gasteiger partial charge in [0.15, 0.2) is 5.78 Å². The van der Waals surface area contributed by atoms with Gasteiger partial charge in [-0.25, -0.2) is 0 Å². The second-order valence-corrected chi connectivity index (χ2v) is 4.81. The van der Waals surface area contributed by atoms with Gasteiger partial charge in [0.05, 0.1) is 13.0 Å². The van der Waals surface area contributed by atoms with E-state index in [9.17, 15) is 9.59 Å². The van der Waals surface area contributed by atoms with Crippen molar-refractivity contribution in [2.24, 2.45) is 0 Å². The van der Waals surface area contributed by atoms with Crippen molar-refractivity contribution in [3.63, 3.8) is 0 Å². The van der Waals surface area contributed by atoms with Gasteiger partial charge < -0.3 is 9.80 Å². The lowest BCUT2D eigenvalue weighted by atomic mass is 10.2. The van der Waals surface area contributed by atoms with Gasteiger partial charge in [0.2, 0.25) is 5.91 Å². The summed E-state index contributed by atoms with van der Waals surface area (Å²) in [5.41, 5.74) is 0. The highest BCUT2D eigenvalue weighted by Crippen LogP contribution is 2.08. The Labute approximate surface area is 97.6 Å². The predicted octanol–water partition coefficient (Wildman–Crippen LogP) is 0.908. The predicted molar refractivity (Wildman–Crippen MR) is 63.2 cm³/mol. The third-order valence-electron chi connectivity index (χ3n) is 3.14. The molecule has 0 aliphatic carbocycles. The van der Waals surface area contributed by atoms with E-state index in [1.165, 1.54) is 0 Å². The number of rotatable bonds is 6. The minimum atomic E-state index is 0.00205. The number of carbonyl (C=O) groups excluding carboxylic acids is 2. The molecule has 1 aliphatic heterocycles. The molecule has 0 bridgehead atoms. The first-order chi connectivity index (χ1) is 7.50. The van der Waals surface area contributed by atoms with Gasteiger partial charge in [-0.2, -0.15) is 0 Å². The molecule has 1 aliphatic rings. The summed E-state index contributed by atoms with van der Waals surface area (Å²) in [7, 11) is 2.11. The van der Waals surface area contributed by atoms with E-state index in [1.54, 1.807) is 4.90 Å². The van der Waals surface area contributed by atoms with Gasteiger partial charge in [-0.05, 0) is 40.3 Å². The number of ketones is 1. The number of nitrogens with zero attached hydrogens (tertiary/aromatic N) is 2. The summed E-state index contributed by atoms with van der Waals surface area (Å²) in [6, 6.07) is 0.565. The van der Waals surface area contributed by atoms with E-state index in [-0.39, 0.29) is 18.1 Å².